The molecular formula is C22H24N2O6. The van der Waals surface area contributed by atoms with Crippen molar-refractivity contribution >= 4 is 11.4 Å². The predicted molar refractivity (Wildman–Crippen MR) is 114 cm³/mol. The van der Waals surface area contributed by atoms with E-state index in [0.717, 1.165) is 18.4 Å². The Kier molecular flexibility index (Phi) is 8.10. The van der Waals surface area contributed by atoms with Crippen LogP contribution in [0.1, 0.15) is 33.6 Å². The molecule has 0 aliphatic carbocycles. The maximum atomic E-state index is 11.3. The van der Waals surface area contributed by atoms with Crippen molar-refractivity contribution in [2.75, 3.05) is 0 Å². The van der Waals surface area contributed by atoms with Crippen molar-refractivity contribution in [1.29, 1.82) is 0 Å². The summed E-state index contributed by atoms with van der Waals surface area (Å²) in [5.41, 5.74) is 1.69. The Bertz CT molecular complexity index is 904. The van der Waals surface area contributed by atoms with E-state index in [4.69, 9.17) is 9.47 Å². The van der Waals surface area contributed by atoms with Crippen molar-refractivity contribution in [1.82, 2.24) is 0 Å². The van der Waals surface area contributed by atoms with Crippen LogP contribution in [0.2, 0.25) is 0 Å². The van der Waals surface area contributed by atoms with Crippen molar-refractivity contribution in [2.45, 2.75) is 39.9 Å². The highest BCUT2D eigenvalue weighted by atomic mass is 16.7. The predicted octanol–water partition coefficient (Wildman–Crippen LogP) is 5.98. The maximum Gasteiger partial charge on any atom is 0.311 e. The number of hydrogen-bond acceptors (Lipinski definition) is 6. The molecule has 0 atom stereocenters. The van der Waals surface area contributed by atoms with Gasteiger partial charge >= 0.3 is 11.4 Å². The van der Waals surface area contributed by atoms with Crippen LogP contribution in [0.5, 0.6) is 11.5 Å². The molecule has 8 heteroatoms. The van der Waals surface area contributed by atoms with Gasteiger partial charge in [0.15, 0.2) is 0 Å². The van der Waals surface area contributed by atoms with Crippen LogP contribution >= 0.6 is 0 Å². The van der Waals surface area contributed by atoms with Gasteiger partial charge in [-0.15, -0.1) is 0 Å². The summed E-state index contributed by atoms with van der Waals surface area (Å²) < 4.78 is 11.5. The third-order valence-electron chi connectivity index (χ3n) is 4.12. The van der Waals surface area contributed by atoms with Gasteiger partial charge in [0, 0.05) is 12.1 Å². The molecule has 0 heterocycles. The van der Waals surface area contributed by atoms with E-state index in [2.05, 4.69) is 6.08 Å². The molecule has 0 saturated heterocycles. The van der Waals surface area contributed by atoms with Crippen molar-refractivity contribution in [3.63, 3.8) is 0 Å². The normalized spacial score (nSPS) is 11.1. The highest BCUT2D eigenvalue weighted by Gasteiger charge is 2.22. The second-order valence-corrected chi connectivity index (χ2v) is 6.89. The van der Waals surface area contributed by atoms with E-state index < -0.39 is 16.1 Å². The van der Waals surface area contributed by atoms with Crippen molar-refractivity contribution in [3.8, 4) is 11.5 Å². The Morgan fingerprint density at radius 1 is 0.900 bits per heavy atom. The summed E-state index contributed by atoms with van der Waals surface area (Å²) >= 11 is 0. The average Bonchev–Trinajstić information content (AvgIpc) is 2.68. The number of ether oxygens (including phenoxy) is 2. The zero-order valence-electron chi connectivity index (χ0n) is 17.1. The number of benzene rings is 2. The molecule has 2 aromatic carbocycles. The number of nitro groups is 2. The Balaban J connectivity index is 2.34. The van der Waals surface area contributed by atoms with E-state index in [1.54, 1.807) is 18.2 Å². The lowest BCUT2D eigenvalue weighted by Crippen LogP contribution is -2.23. The highest BCUT2D eigenvalue weighted by molar-refractivity contribution is 5.47. The van der Waals surface area contributed by atoms with Gasteiger partial charge in [0.05, 0.1) is 9.85 Å². The topological polar surface area (TPSA) is 105 Å². The maximum absolute atomic E-state index is 11.3. The van der Waals surface area contributed by atoms with Gasteiger partial charge in [-0.3, -0.25) is 20.2 Å². The molecular weight excluding hydrogens is 388 g/mol. The number of hydrogen-bond donors (Lipinski definition) is 0. The Morgan fingerprint density at radius 3 is 1.80 bits per heavy atom. The molecule has 2 aromatic rings. The molecule has 30 heavy (non-hydrogen) atoms. The third kappa shape index (κ3) is 6.73. The molecule has 0 radical (unpaired) electrons. The summed E-state index contributed by atoms with van der Waals surface area (Å²) in [5, 5.41) is 22.6. The summed E-state index contributed by atoms with van der Waals surface area (Å²) in [6.07, 6.45) is 4.22. The average molecular weight is 412 g/mol. The zero-order chi connectivity index (χ0) is 22.1. The molecule has 2 rings (SSSR count). The van der Waals surface area contributed by atoms with Gasteiger partial charge in [-0.25, -0.2) is 0 Å². The highest BCUT2D eigenvalue weighted by Crippen LogP contribution is 2.31. The Morgan fingerprint density at radius 2 is 1.37 bits per heavy atom. The number of rotatable bonds is 10. The van der Waals surface area contributed by atoms with Crippen molar-refractivity contribution in [3.05, 3.63) is 92.1 Å². The van der Waals surface area contributed by atoms with Crippen LogP contribution in [-0.2, 0) is 0 Å². The van der Waals surface area contributed by atoms with E-state index in [1.165, 1.54) is 42.0 Å². The molecule has 0 aliphatic rings. The second kappa shape index (κ2) is 10.8. The first kappa shape index (κ1) is 22.6. The van der Waals surface area contributed by atoms with Crippen LogP contribution in [0.3, 0.4) is 0 Å². The monoisotopic (exact) mass is 412 g/mol. The smallest absolute Gasteiger partial charge is 0.311 e. The number of allylic oxidation sites excluding steroid dienone is 3. The lowest BCUT2D eigenvalue weighted by Gasteiger charge is -2.18. The molecule has 0 saturated carbocycles. The van der Waals surface area contributed by atoms with Gasteiger partial charge in [0.1, 0.15) is 0 Å². The van der Waals surface area contributed by atoms with Gasteiger partial charge in [-0.05, 0) is 51.8 Å². The van der Waals surface area contributed by atoms with Gasteiger partial charge in [0.2, 0.25) is 11.5 Å². The molecule has 0 spiro atoms. The summed E-state index contributed by atoms with van der Waals surface area (Å²) in [7, 11) is 0. The fourth-order valence-corrected chi connectivity index (χ4v) is 2.66. The van der Waals surface area contributed by atoms with Crippen LogP contribution in [0, 0.1) is 20.2 Å². The van der Waals surface area contributed by atoms with Gasteiger partial charge in [0.25, 0.3) is 6.29 Å². The van der Waals surface area contributed by atoms with E-state index >= 15 is 0 Å². The first-order valence-electron chi connectivity index (χ1n) is 9.38. The van der Waals surface area contributed by atoms with Crippen LogP contribution in [0.25, 0.3) is 0 Å². The standard InChI is InChI=1S/C22H24N2O6/c1-16(2)9-8-10-17(3)15-22(29-20-13-6-4-11-18(20)23(25)26)30-21-14-7-5-12-19(21)24(27)28/h4-7,9,11-15,22H,8,10H2,1-3H3/b17-15+. The van der Waals surface area contributed by atoms with E-state index in [-0.39, 0.29) is 22.9 Å². The molecule has 0 unspecified atom stereocenters. The van der Waals surface area contributed by atoms with E-state index in [1.807, 2.05) is 20.8 Å². The molecule has 0 amide bonds. The van der Waals surface area contributed by atoms with Gasteiger partial charge in [-0.1, -0.05) is 41.5 Å². The van der Waals surface area contributed by atoms with Crippen LogP contribution < -0.4 is 9.47 Å². The van der Waals surface area contributed by atoms with Crippen LogP contribution in [0.4, 0.5) is 11.4 Å². The minimum atomic E-state index is -1.08. The van der Waals surface area contributed by atoms with Gasteiger partial charge in [-0.2, -0.15) is 0 Å². The first-order chi connectivity index (χ1) is 14.3. The number of para-hydroxylation sites is 4. The Labute approximate surface area is 174 Å². The van der Waals surface area contributed by atoms with E-state index in [9.17, 15) is 20.2 Å². The molecule has 0 bridgehead atoms. The fourth-order valence-electron chi connectivity index (χ4n) is 2.66. The molecule has 0 aromatic heterocycles. The zero-order valence-corrected chi connectivity index (χ0v) is 17.1. The third-order valence-corrected chi connectivity index (χ3v) is 4.12. The van der Waals surface area contributed by atoms with Crippen molar-refractivity contribution < 1.29 is 19.3 Å². The lowest BCUT2D eigenvalue weighted by atomic mass is 10.1. The quantitative estimate of drug-likeness (QED) is 0.206. The molecule has 0 fully saturated rings. The fraction of sp³-hybridized carbons (Fsp3) is 0.273. The van der Waals surface area contributed by atoms with Gasteiger partial charge < -0.3 is 9.47 Å². The SMILES string of the molecule is CC(C)=CCC/C(C)=C/C(Oc1ccccc1[N+](=O)[O-])Oc1ccccc1[N+](=O)[O-]. The van der Waals surface area contributed by atoms with E-state index in [0.29, 0.717) is 0 Å². The summed E-state index contributed by atoms with van der Waals surface area (Å²) in [5.74, 6) is 0.0267. The number of nitro benzene ring substituents is 2. The molecule has 158 valence electrons. The largest absolute Gasteiger partial charge is 0.444 e. The summed E-state index contributed by atoms with van der Waals surface area (Å²) in [4.78, 5) is 21.5. The number of nitrogens with zero attached hydrogens (tertiary/aromatic N) is 2. The molecule has 0 aliphatic heterocycles. The Hall–Kier alpha value is -3.68. The summed E-state index contributed by atoms with van der Waals surface area (Å²) in [6, 6.07) is 11.8. The summed E-state index contributed by atoms with van der Waals surface area (Å²) in [6.45, 7) is 5.91. The molecule has 8 nitrogen and oxygen atoms in total. The molecule has 0 N–H and O–H groups in total. The minimum absolute atomic E-state index is 0.0134. The minimum Gasteiger partial charge on any atom is -0.444 e. The first-order valence-corrected chi connectivity index (χ1v) is 9.38. The van der Waals surface area contributed by atoms with Crippen molar-refractivity contribution in [2.24, 2.45) is 0 Å². The van der Waals surface area contributed by atoms with Crippen LogP contribution in [-0.4, -0.2) is 16.1 Å². The second-order valence-electron chi connectivity index (χ2n) is 6.89. The lowest BCUT2D eigenvalue weighted by molar-refractivity contribution is -0.387. The van der Waals surface area contributed by atoms with Crippen LogP contribution in [0.15, 0.2) is 71.8 Å².